The van der Waals surface area contributed by atoms with Crippen molar-refractivity contribution in [2.75, 3.05) is 13.1 Å². The van der Waals surface area contributed by atoms with E-state index in [0.29, 0.717) is 0 Å². The molecule has 0 amide bonds. The third-order valence-corrected chi connectivity index (χ3v) is 4.48. The highest BCUT2D eigenvalue weighted by molar-refractivity contribution is 14.1. The van der Waals surface area contributed by atoms with Crippen LogP contribution in [0.2, 0.25) is 0 Å². The average molecular weight is 375 g/mol. The summed E-state index contributed by atoms with van der Waals surface area (Å²) in [5.74, 6) is 0. The van der Waals surface area contributed by atoms with Gasteiger partial charge in [-0.1, -0.05) is 48.5 Å². The minimum atomic E-state index is 1.05. The highest BCUT2D eigenvalue weighted by atomic mass is 127. The number of benzene rings is 2. The Labute approximate surface area is 134 Å². The third-order valence-electron chi connectivity index (χ3n) is 3.76. The van der Waals surface area contributed by atoms with Crippen molar-refractivity contribution in [3.63, 3.8) is 0 Å². The standard InChI is InChI=1S/C18H18IN/c19-18-8-6-16(7-9-18)17-10-12-20(13-11-17)14-15-4-2-1-3-5-15/h1-10H,11-14H2. The lowest BCUT2D eigenvalue weighted by Gasteiger charge is -2.26. The van der Waals surface area contributed by atoms with Crippen molar-refractivity contribution in [2.45, 2.75) is 13.0 Å². The molecule has 1 aliphatic heterocycles. The largest absolute Gasteiger partial charge is 0.295 e. The molecule has 1 heterocycles. The molecule has 102 valence electrons. The highest BCUT2D eigenvalue weighted by Gasteiger charge is 2.12. The van der Waals surface area contributed by atoms with E-state index in [1.807, 2.05) is 0 Å². The lowest BCUT2D eigenvalue weighted by atomic mass is 9.99. The SMILES string of the molecule is Ic1ccc(C2=CCN(Cc3ccccc3)CC2)cc1. The van der Waals surface area contributed by atoms with Crippen LogP contribution in [0.1, 0.15) is 17.5 Å². The Morgan fingerprint density at radius 1 is 0.950 bits per heavy atom. The van der Waals surface area contributed by atoms with Crippen LogP contribution in [0.4, 0.5) is 0 Å². The summed E-state index contributed by atoms with van der Waals surface area (Å²) >= 11 is 2.36. The summed E-state index contributed by atoms with van der Waals surface area (Å²) in [6.07, 6.45) is 3.53. The molecule has 0 aromatic heterocycles. The number of halogens is 1. The number of hydrogen-bond donors (Lipinski definition) is 0. The van der Waals surface area contributed by atoms with E-state index in [-0.39, 0.29) is 0 Å². The van der Waals surface area contributed by atoms with Crippen molar-refractivity contribution in [2.24, 2.45) is 0 Å². The van der Waals surface area contributed by atoms with Gasteiger partial charge in [-0.3, -0.25) is 4.90 Å². The fourth-order valence-electron chi connectivity index (χ4n) is 2.62. The second kappa shape index (κ2) is 6.55. The molecule has 0 radical (unpaired) electrons. The molecule has 2 aromatic rings. The Kier molecular flexibility index (Phi) is 4.53. The van der Waals surface area contributed by atoms with E-state index >= 15 is 0 Å². The smallest absolute Gasteiger partial charge is 0.0237 e. The van der Waals surface area contributed by atoms with Crippen LogP contribution in [0, 0.1) is 3.57 Å². The highest BCUT2D eigenvalue weighted by Crippen LogP contribution is 2.23. The maximum Gasteiger partial charge on any atom is 0.0237 e. The minimum Gasteiger partial charge on any atom is -0.295 e. The van der Waals surface area contributed by atoms with Gasteiger partial charge in [0.2, 0.25) is 0 Å². The summed E-state index contributed by atoms with van der Waals surface area (Å²) in [5, 5.41) is 0. The van der Waals surface area contributed by atoms with Gasteiger partial charge >= 0.3 is 0 Å². The third kappa shape index (κ3) is 3.49. The first-order valence-electron chi connectivity index (χ1n) is 7.02. The fraction of sp³-hybridized carbons (Fsp3) is 0.222. The molecule has 1 nitrogen and oxygen atoms in total. The van der Waals surface area contributed by atoms with Gasteiger partial charge in [-0.15, -0.1) is 0 Å². The molecule has 2 heteroatoms. The maximum absolute atomic E-state index is 2.51. The molecule has 0 atom stereocenters. The Balaban J connectivity index is 1.64. The summed E-state index contributed by atoms with van der Waals surface area (Å²) in [5.41, 5.74) is 4.27. The van der Waals surface area contributed by atoms with Crippen LogP contribution in [0.25, 0.3) is 5.57 Å². The monoisotopic (exact) mass is 375 g/mol. The zero-order valence-corrected chi connectivity index (χ0v) is 13.6. The van der Waals surface area contributed by atoms with E-state index in [0.717, 1.165) is 26.1 Å². The topological polar surface area (TPSA) is 3.24 Å². The van der Waals surface area contributed by atoms with E-state index in [1.165, 1.54) is 20.3 Å². The lowest BCUT2D eigenvalue weighted by Crippen LogP contribution is -2.27. The van der Waals surface area contributed by atoms with Crippen LogP contribution in [-0.4, -0.2) is 18.0 Å². The first-order chi connectivity index (χ1) is 9.81. The van der Waals surface area contributed by atoms with Crippen molar-refractivity contribution in [3.8, 4) is 0 Å². The molecule has 2 aromatic carbocycles. The van der Waals surface area contributed by atoms with Crippen molar-refractivity contribution in [3.05, 3.63) is 75.4 Å². The number of nitrogens with zero attached hydrogens (tertiary/aromatic N) is 1. The van der Waals surface area contributed by atoms with Crippen LogP contribution in [0.3, 0.4) is 0 Å². The first-order valence-corrected chi connectivity index (χ1v) is 8.10. The van der Waals surface area contributed by atoms with Gasteiger partial charge < -0.3 is 0 Å². The van der Waals surface area contributed by atoms with Crippen LogP contribution >= 0.6 is 22.6 Å². The fourth-order valence-corrected chi connectivity index (χ4v) is 2.98. The van der Waals surface area contributed by atoms with E-state index in [4.69, 9.17) is 0 Å². The molecule has 0 saturated heterocycles. The van der Waals surface area contributed by atoms with Crippen molar-refractivity contribution in [1.82, 2.24) is 4.90 Å². The van der Waals surface area contributed by atoms with Gasteiger partial charge in [0, 0.05) is 23.2 Å². The van der Waals surface area contributed by atoms with Crippen molar-refractivity contribution < 1.29 is 0 Å². The Morgan fingerprint density at radius 2 is 1.70 bits per heavy atom. The second-order valence-corrected chi connectivity index (χ2v) is 6.45. The predicted octanol–water partition coefficient (Wildman–Crippen LogP) is 4.58. The van der Waals surface area contributed by atoms with Gasteiger partial charge in [0.1, 0.15) is 0 Å². The van der Waals surface area contributed by atoms with Crippen molar-refractivity contribution in [1.29, 1.82) is 0 Å². The van der Waals surface area contributed by atoms with Crippen LogP contribution in [-0.2, 0) is 6.54 Å². The molecule has 0 N–H and O–H groups in total. The molecular formula is C18H18IN. The lowest BCUT2D eigenvalue weighted by molar-refractivity contribution is 0.294. The minimum absolute atomic E-state index is 1.05. The molecule has 0 saturated carbocycles. The van der Waals surface area contributed by atoms with Crippen LogP contribution in [0.5, 0.6) is 0 Å². The van der Waals surface area contributed by atoms with Gasteiger partial charge in [0.05, 0.1) is 0 Å². The maximum atomic E-state index is 2.51. The molecule has 0 bridgehead atoms. The molecule has 0 spiro atoms. The Bertz CT molecular complexity index is 587. The van der Waals surface area contributed by atoms with Gasteiger partial charge in [-0.2, -0.15) is 0 Å². The van der Waals surface area contributed by atoms with Crippen LogP contribution < -0.4 is 0 Å². The average Bonchev–Trinajstić information content (AvgIpc) is 2.50. The van der Waals surface area contributed by atoms with E-state index in [9.17, 15) is 0 Å². The number of rotatable bonds is 3. The van der Waals surface area contributed by atoms with Gasteiger partial charge in [-0.05, 0) is 57.8 Å². The quantitative estimate of drug-likeness (QED) is 0.710. The molecule has 0 unspecified atom stereocenters. The van der Waals surface area contributed by atoms with Gasteiger partial charge in [-0.25, -0.2) is 0 Å². The molecular weight excluding hydrogens is 357 g/mol. The van der Waals surface area contributed by atoms with E-state index < -0.39 is 0 Å². The zero-order chi connectivity index (χ0) is 13.8. The molecule has 1 aliphatic rings. The Morgan fingerprint density at radius 3 is 2.35 bits per heavy atom. The van der Waals surface area contributed by atoms with Crippen molar-refractivity contribution >= 4 is 28.2 Å². The summed E-state index contributed by atoms with van der Waals surface area (Å²) in [4.78, 5) is 2.51. The van der Waals surface area contributed by atoms with E-state index in [1.54, 1.807) is 0 Å². The summed E-state index contributed by atoms with van der Waals surface area (Å²) in [6, 6.07) is 19.6. The van der Waals surface area contributed by atoms with Crippen LogP contribution in [0.15, 0.2) is 60.7 Å². The molecule has 3 rings (SSSR count). The Hall–Kier alpha value is -1.13. The number of hydrogen-bond acceptors (Lipinski definition) is 1. The van der Waals surface area contributed by atoms with Gasteiger partial charge in [0.15, 0.2) is 0 Å². The normalized spacial score (nSPS) is 15.9. The zero-order valence-electron chi connectivity index (χ0n) is 11.4. The summed E-state index contributed by atoms with van der Waals surface area (Å²) in [6.45, 7) is 3.25. The summed E-state index contributed by atoms with van der Waals surface area (Å²) < 4.78 is 1.30. The predicted molar refractivity (Wildman–Crippen MR) is 93.5 cm³/mol. The second-order valence-electron chi connectivity index (χ2n) is 5.21. The summed E-state index contributed by atoms with van der Waals surface area (Å²) in [7, 11) is 0. The van der Waals surface area contributed by atoms with Gasteiger partial charge in [0.25, 0.3) is 0 Å². The molecule has 0 fully saturated rings. The molecule has 0 aliphatic carbocycles. The first kappa shape index (κ1) is 13.8. The van der Waals surface area contributed by atoms with E-state index in [2.05, 4.69) is 88.2 Å². The molecule has 20 heavy (non-hydrogen) atoms.